The van der Waals surface area contributed by atoms with Crippen molar-refractivity contribution < 1.29 is 4.74 Å². The Morgan fingerprint density at radius 3 is 3.00 bits per heavy atom. The first-order valence-electron chi connectivity index (χ1n) is 4.40. The average molecular weight is 197 g/mol. The Balaban J connectivity index is 2.90. The number of rotatable bonds is 4. The Kier molecular flexibility index (Phi) is 4.09. The second kappa shape index (κ2) is 5.12. The van der Waals surface area contributed by atoms with Gasteiger partial charge in [-0.1, -0.05) is 6.07 Å². The maximum atomic E-state index is 5.44. The van der Waals surface area contributed by atoms with Crippen molar-refractivity contribution in [2.24, 2.45) is 0 Å². The molecular weight excluding hydrogens is 182 g/mol. The molecule has 2 nitrogen and oxygen atoms in total. The smallest absolute Gasteiger partial charge is 0.217 e. The predicted octanol–water partition coefficient (Wildman–Crippen LogP) is 2.90. The van der Waals surface area contributed by atoms with Crippen LogP contribution in [0.1, 0.15) is 24.7 Å². The summed E-state index contributed by atoms with van der Waals surface area (Å²) < 4.78 is 5.44. The van der Waals surface area contributed by atoms with Crippen molar-refractivity contribution in [3.8, 4) is 5.88 Å². The van der Waals surface area contributed by atoms with Crippen LogP contribution in [0.4, 0.5) is 0 Å². The van der Waals surface area contributed by atoms with Gasteiger partial charge in [0.15, 0.2) is 0 Å². The average Bonchev–Trinajstić information content (AvgIpc) is 2.18. The second-order valence-electron chi connectivity index (χ2n) is 2.71. The minimum atomic E-state index is 0.440. The minimum Gasteiger partial charge on any atom is -0.478 e. The highest BCUT2D eigenvalue weighted by Crippen LogP contribution is 2.31. The van der Waals surface area contributed by atoms with Crippen molar-refractivity contribution in [3.63, 3.8) is 0 Å². The van der Waals surface area contributed by atoms with Crippen LogP contribution >= 0.6 is 11.8 Å². The first kappa shape index (κ1) is 10.4. The van der Waals surface area contributed by atoms with Gasteiger partial charge in [-0.15, -0.1) is 0 Å². The van der Waals surface area contributed by atoms with Gasteiger partial charge >= 0.3 is 0 Å². The molecule has 0 aliphatic rings. The molecule has 1 rings (SSSR count). The lowest BCUT2D eigenvalue weighted by Crippen LogP contribution is -2.00. The van der Waals surface area contributed by atoms with Crippen LogP contribution in [0.2, 0.25) is 0 Å². The van der Waals surface area contributed by atoms with Crippen LogP contribution in [0.5, 0.6) is 5.88 Å². The fourth-order valence-corrected chi connectivity index (χ4v) is 1.53. The van der Waals surface area contributed by atoms with Gasteiger partial charge in [-0.05, 0) is 26.2 Å². The van der Waals surface area contributed by atoms with Crippen molar-refractivity contribution in [1.82, 2.24) is 4.98 Å². The highest BCUT2D eigenvalue weighted by molar-refractivity contribution is 7.98. The molecule has 0 aliphatic heterocycles. The number of hydrogen-bond donors (Lipinski definition) is 0. The van der Waals surface area contributed by atoms with Crippen molar-refractivity contribution in [1.29, 1.82) is 0 Å². The van der Waals surface area contributed by atoms with E-state index in [0.717, 1.165) is 5.88 Å². The third-order valence-electron chi connectivity index (χ3n) is 1.87. The molecule has 0 amide bonds. The lowest BCUT2D eigenvalue weighted by Gasteiger charge is -2.12. The van der Waals surface area contributed by atoms with E-state index in [1.54, 1.807) is 18.0 Å². The van der Waals surface area contributed by atoms with E-state index in [2.05, 4.69) is 24.2 Å². The maximum Gasteiger partial charge on any atom is 0.217 e. The van der Waals surface area contributed by atoms with Gasteiger partial charge in [-0.2, -0.15) is 11.8 Å². The van der Waals surface area contributed by atoms with E-state index in [9.17, 15) is 0 Å². The normalized spacial score (nSPS) is 12.5. The number of ether oxygens (including phenoxy) is 1. The van der Waals surface area contributed by atoms with E-state index in [-0.39, 0.29) is 0 Å². The van der Waals surface area contributed by atoms with Gasteiger partial charge in [0.2, 0.25) is 5.88 Å². The lowest BCUT2D eigenvalue weighted by atomic mass is 10.2. The highest BCUT2D eigenvalue weighted by Gasteiger charge is 2.10. The molecule has 0 N–H and O–H groups in total. The van der Waals surface area contributed by atoms with Gasteiger partial charge in [0.1, 0.15) is 0 Å². The molecule has 3 heteroatoms. The Bertz CT molecular complexity index is 265. The van der Waals surface area contributed by atoms with E-state index < -0.39 is 0 Å². The van der Waals surface area contributed by atoms with Crippen molar-refractivity contribution in [3.05, 3.63) is 23.9 Å². The van der Waals surface area contributed by atoms with E-state index in [0.29, 0.717) is 11.9 Å². The lowest BCUT2D eigenvalue weighted by molar-refractivity contribution is 0.323. The van der Waals surface area contributed by atoms with Crippen LogP contribution in [0, 0.1) is 0 Å². The fourth-order valence-electron chi connectivity index (χ4n) is 1.10. The third kappa shape index (κ3) is 2.62. The summed E-state index contributed by atoms with van der Waals surface area (Å²) in [7, 11) is 0. The Morgan fingerprint density at radius 2 is 2.38 bits per heavy atom. The third-order valence-corrected chi connectivity index (χ3v) is 2.83. The Morgan fingerprint density at radius 1 is 1.62 bits per heavy atom. The van der Waals surface area contributed by atoms with Crippen molar-refractivity contribution >= 4 is 11.8 Å². The quantitative estimate of drug-likeness (QED) is 0.741. The van der Waals surface area contributed by atoms with E-state index in [1.165, 1.54) is 5.56 Å². The molecule has 1 heterocycles. The molecule has 0 radical (unpaired) electrons. The summed E-state index contributed by atoms with van der Waals surface area (Å²) in [6, 6.07) is 4.02. The zero-order chi connectivity index (χ0) is 9.68. The molecule has 13 heavy (non-hydrogen) atoms. The van der Waals surface area contributed by atoms with Crippen LogP contribution in [0.3, 0.4) is 0 Å². The molecule has 1 atom stereocenters. The fraction of sp³-hybridized carbons (Fsp3) is 0.500. The summed E-state index contributed by atoms with van der Waals surface area (Å²) in [5.41, 5.74) is 1.18. The van der Waals surface area contributed by atoms with Gasteiger partial charge in [-0.3, -0.25) is 0 Å². The van der Waals surface area contributed by atoms with Gasteiger partial charge < -0.3 is 4.74 Å². The van der Waals surface area contributed by atoms with Crippen molar-refractivity contribution in [2.45, 2.75) is 19.1 Å². The number of pyridine rings is 1. The zero-order valence-electron chi connectivity index (χ0n) is 8.28. The summed E-state index contributed by atoms with van der Waals surface area (Å²) in [5, 5.41) is 0.440. The largest absolute Gasteiger partial charge is 0.478 e. The first-order chi connectivity index (χ1) is 6.29. The van der Waals surface area contributed by atoms with E-state index in [1.807, 2.05) is 13.0 Å². The maximum absolute atomic E-state index is 5.44. The number of thioether (sulfide) groups is 1. The van der Waals surface area contributed by atoms with Gasteiger partial charge in [0.05, 0.1) is 6.61 Å². The van der Waals surface area contributed by atoms with Crippen LogP contribution in [0.25, 0.3) is 0 Å². The SMILES string of the molecule is CCOc1ncccc1C(C)SC. The molecule has 0 aromatic carbocycles. The summed E-state index contributed by atoms with van der Waals surface area (Å²) in [5.74, 6) is 0.770. The monoisotopic (exact) mass is 197 g/mol. The van der Waals surface area contributed by atoms with Crippen LogP contribution in [-0.2, 0) is 0 Å². The number of nitrogens with zero attached hydrogens (tertiary/aromatic N) is 1. The number of hydrogen-bond acceptors (Lipinski definition) is 3. The molecule has 0 aliphatic carbocycles. The van der Waals surface area contributed by atoms with Crippen LogP contribution in [0.15, 0.2) is 18.3 Å². The summed E-state index contributed by atoms with van der Waals surface area (Å²) in [4.78, 5) is 4.20. The predicted molar refractivity (Wildman–Crippen MR) is 57.3 cm³/mol. The summed E-state index contributed by atoms with van der Waals surface area (Å²) >= 11 is 1.80. The van der Waals surface area contributed by atoms with Gasteiger partial charge in [0, 0.05) is 17.0 Å². The molecular formula is C10H15NOS. The highest BCUT2D eigenvalue weighted by atomic mass is 32.2. The molecule has 0 bridgehead atoms. The Hall–Kier alpha value is -0.700. The Labute approximate surface area is 83.7 Å². The molecule has 1 aromatic rings. The molecule has 0 saturated carbocycles. The molecule has 0 saturated heterocycles. The van der Waals surface area contributed by atoms with Crippen LogP contribution < -0.4 is 4.74 Å². The molecule has 0 fully saturated rings. The zero-order valence-corrected chi connectivity index (χ0v) is 9.10. The summed E-state index contributed by atoms with van der Waals surface area (Å²) in [6.07, 6.45) is 3.86. The van der Waals surface area contributed by atoms with E-state index in [4.69, 9.17) is 4.74 Å². The molecule has 0 spiro atoms. The summed E-state index contributed by atoms with van der Waals surface area (Å²) in [6.45, 7) is 4.80. The van der Waals surface area contributed by atoms with Crippen LogP contribution in [-0.4, -0.2) is 17.8 Å². The van der Waals surface area contributed by atoms with Gasteiger partial charge in [-0.25, -0.2) is 4.98 Å². The van der Waals surface area contributed by atoms with Gasteiger partial charge in [0.25, 0.3) is 0 Å². The standard InChI is InChI=1S/C10H15NOS/c1-4-12-10-9(8(2)13-3)6-5-7-11-10/h5-8H,4H2,1-3H3. The van der Waals surface area contributed by atoms with Crippen molar-refractivity contribution in [2.75, 3.05) is 12.9 Å². The first-order valence-corrected chi connectivity index (χ1v) is 5.68. The molecule has 1 unspecified atom stereocenters. The minimum absolute atomic E-state index is 0.440. The molecule has 72 valence electrons. The number of aromatic nitrogens is 1. The molecule has 1 aromatic heterocycles. The second-order valence-corrected chi connectivity index (χ2v) is 3.89. The topological polar surface area (TPSA) is 22.1 Å². The van der Waals surface area contributed by atoms with E-state index >= 15 is 0 Å².